The number of phenolic OH excluding ortho intramolecular Hbond substituents is 1. The Morgan fingerprint density at radius 2 is 1.93 bits per heavy atom. The third-order valence-corrected chi connectivity index (χ3v) is 4.07. The number of aromatic nitrogens is 1. The molecule has 7 nitrogen and oxygen atoms in total. The summed E-state index contributed by atoms with van der Waals surface area (Å²) >= 11 is 0. The Hall–Kier alpha value is -3.32. The highest BCUT2D eigenvalue weighted by atomic mass is 16.5. The molecule has 1 N–H and O–H groups in total. The zero-order valence-corrected chi connectivity index (χ0v) is 16.0. The van der Waals surface area contributed by atoms with E-state index in [9.17, 15) is 9.90 Å². The molecule has 1 heterocycles. The molecule has 0 aliphatic rings. The van der Waals surface area contributed by atoms with Crippen molar-refractivity contribution in [3.05, 3.63) is 71.0 Å². The first-order chi connectivity index (χ1) is 13.5. The summed E-state index contributed by atoms with van der Waals surface area (Å²) in [5.41, 5.74) is 1.47. The van der Waals surface area contributed by atoms with Gasteiger partial charge in [-0.05, 0) is 36.9 Å². The number of nitrogens with zero attached hydrogens (tertiary/aromatic N) is 2. The predicted octanol–water partition coefficient (Wildman–Crippen LogP) is 3.26. The quantitative estimate of drug-likeness (QED) is 0.599. The highest BCUT2D eigenvalue weighted by Crippen LogP contribution is 2.31. The zero-order valence-electron chi connectivity index (χ0n) is 16.0. The third-order valence-electron chi connectivity index (χ3n) is 4.07. The minimum Gasteiger partial charge on any atom is -0.508 e. The van der Waals surface area contributed by atoms with Gasteiger partial charge in [0, 0.05) is 6.07 Å². The van der Waals surface area contributed by atoms with E-state index >= 15 is 0 Å². The van der Waals surface area contributed by atoms with Gasteiger partial charge in [-0.15, -0.1) is 0 Å². The van der Waals surface area contributed by atoms with Crippen molar-refractivity contribution in [2.45, 2.75) is 13.2 Å². The van der Waals surface area contributed by atoms with Crippen molar-refractivity contribution >= 4 is 5.78 Å². The average Bonchev–Trinajstić information content (AvgIpc) is 3.08. The second-order valence-electron chi connectivity index (χ2n) is 6.51. The summed E-state index contributed by atoms with van der Waals surface area (Å²) in [6.45, 7) is 0.630. The molecule has 0 saturated heterocycles. The fraction of sp³-hybridized carbons (Fsp3) is 0.238. The van der Waals surface area contributed by atoms with Crippen LogP contribution >= 0.6 is 0 Å². The summed E-state index contributed by atoms with van der Waals surface area (Å²) in [5, 5.41) is 13.6. The van der Waals surface area contributed by atoms with E-state index in [1.54, 1.807) is 0 Å². The molecule has 0 spiro atoms. The maximum Gasteiger partial charge on any atom is 0.266 e. The highest BCUT2D eigenvalue weighted by molar-refractivity contribution is 6.12. The maximum absolute atomic E-state index is 13.3. The lowest BCUT2D eigenvalue weighted by Gasteiger charge is -2.11. The van der Waals surface area contributed by atoms with Crippen molar-refractivity contribution in [3.8, 4) is 17.4 Å². The highest BCUT2D eigenvalue weighted by Gasteiger charge is 2.28. The lowest BCUT2D eigenvalue weighted by Crippen LogP contribution is -2.14. The Kier molecular flexibility index (Phi) is 5.96. The fourth-order valence-corrected chi connectivity index (χ4v) is 2.75. The molecule has 0 unspecified atom stereocenters. The molecule has 0 aliphatic heterocycles. The van der Waals surface area contributed by atoms with Gasteiger partial charge in [-0.3, -0.25) is 4.79 Å². The van der Waals surface area contributed by atoms with Gasteiger partial charge in [-0.1, -0.05) is 30.3 Å². The number of aromatic hydroxyl groups is 1. The lowest BCUT2D eigenvalue weighted by molar-refractivity contribution is 0.102. The molecule has 2 aromatic carbocycles. The largest absolute Gasteiger partial charge is 0.508 e. The molecule has 0 amide bonds. The summed E-state index contributed by atoms with van der Waals surface area (Å²) < 4.78 is 16.5. The Labute approximate surface area is 163 Å². The van der Waals surface area contributed by atoms with Crippen molar-refractivity contribution in [1.82, 2.24) is 10.1 Å². The van der Waals surface area contributed by atoms with Crippen LogP contribution < -0.4 is 9.47 Å². The molecule has 0 fully saturated rings. The van der Waals surface area contributed by atoms with Crippen molar-refractivity contribution in [1.29, 1.82) is 0 Å². The van der Waals surface area contributed by atoms with Gasteiger partial charge in [-0.2, -0.15) is 0 Å². The summed E-state index contributed by atoms with van der Waals surface area (Å²) in [7, 11) is 5.16. The summed E-state index contributed by atoms with van der Waals surface area (Å²) in [6.07, 6.45) is 0. The van der Waals surface area contributed by atoms with Crippen molar-refractivity contribution < 1.29 is 23.9 Å². The smallest absolute Gasteiger partial charge is 0.266 e. The minimum atomic E-state index is -0.349. The van der Waals surface area contributed by atoms with E-state index in [0.717, 1.165) is 5.56 Å². The van der Waals surface area contributed by atoms with E-state index in [4.69, 9.17) is 14.0 Å². The normalized spacial score (nSPS) is 10.9. The van der Waals surface area contributed by atoms with Gasteiger partial charge >= 0.3 is 0 Å². The van der Waals surface area contributed by atoms with Crippen LogP contribution in [0.2, 0.25) is 0 Å². The first-order valence-corrected chi connectivity index (χ1v) is 8.71. The van der Waals surface area contributed by atoms with Crippen molar-refractivity contribution in [2.24, 2.45) is 0 Å². The first-order valence-electron chi connectivity index (χ1n) is 8.71. The molecule has 0 radical (unpaired) electrons. The fourth-order valence-electron chi connectivity index (χ4n) is 2.75. The van der Waals surface area contributed by atoms with Crippen molar-refractivity contribution in [3.63, 3.8) is 0 Å². The number of hydrogen-bond donors (Lipinski definition) is 1. The molecular weight excluding hydrogens is 360 g/mol. The Balaban J connectivity index is 1.97. The molecule has 28 heavy (non-hydrogen) atoms. The van der Waals surface area contributed by atoms with E-state index in [2.05, 4.69) is 5.16 Å². The van der Waals surface area contributed by atoms with Crippen LogP contribution in [0.4, 0.5) is 0 Å². The zero-order chi connectivity index (χ0) is 20.1. The van der Waals surface area contributed by atoms with Gasteiger partial charge < -0.3 is 24.0 Å². The molecule has 3 rings (SSSR count). The van der Waals surface area contributed by atoms with Crippen LogP contribution in [0, 0.1) is 0 Å². The molecule has 1 aromatic heterocycles. The van der Waals surface area contributed by atoms with Crippen LogP contribution in [0.5, 0.6) is 17.4 Å². The molecule has 146 valence electrons. The Morgan fingerprint density at radius 3 is 2.61 bits per heavy atom. The van der Waals surface area contributed by atoms with E-state index in [-0.39, 0.29) is 40.9 Å². The van der Waals surface area contributed by atoms with E-state index < -0.39 is 0 Å². The number of hydrogen-bond acceptors (Lipinski definition) is 7. The van der Waals surface area contributed by atoms with Crippen molar-refractivity contribution in [2.75, 3.05) is 21.2 Å². The van der Waals surface area contributed by atoms with Crippen LogP contribution in [0.15, 0.2) is 53.1 Å². The maximum atomic E-state index is 13.3. The number of carbonyl (C=O) groups excluding carboxylic acids is 1. The Morgan fingerprint density at radius 1 is 1.18 bits per heavy atom. The van der Waals surface area contributed by atoms with Gasteiger partial charge in [0.05, 0.1) is 19.2 Å². The molecule has 0 saturated carbocycles. The van der Waals surface area contributed by atoms with E-state index in [0.29, 0.717) is 12.3 Å². The van der Waals surface area contributed by atoms with Crippen LogP contribution in [-0.4, -0.2) is 42.2 Å². The second-order valence-corrected chi connectivity index (χ2v) is 6.51. The molecule has 0 bridgehead atoms. The Bertz CT molecular complexity index is 951. The second kappa shape index (κ2) is 8.58. The number of ether oxygens (including phenoxy) is 2. The molecule has 7 heteroatoms. The van der Waals surface area contributed by atoms with Crippen LogP contribution in [0.3, 0.4) is 0 Å². The number of ketones is 1. The topological polar surface area (TPSA) is 85.0 Å². The SMILES string of the molecule is COc1cc(O)ccc1C(=O)c1c(OCc2ccccc2)noc1CN(C)C. The number of carbonyl (C=O) groups is 1. The predicted molar refractivity (Wildman–Crippen MR) is 103 cm³/mol. The van der Waals surface area contributed by atoms with E-state index in [1.165, 1.54) is 25.3 Å². The lowest BCUT2D eigenvalue weighted by atomic mass is 10.0. The molecule has 0 aliphatic carbocycles. The standard InChI is InChI=1S/C21H22N2O5/c1-23(2)12-18-19(20(25)16-10-9-15(24)11-17(16)26-3)21(22-28-18)27-13-14-7-5-4-6-8-14/h4-11,24H,12-13H2,1-3H3. The third kappa shape index (κ3) is 4.32. The van der Waals surface area contributed by atoms with Crippen LogP contribution in [0.25, 0.3) is 0 Å². The summed E-state index contributed by atoms with van der Waals surface area (Å²) in [4.78, 5) is 15.1. The van der Waals surface area contributed by atoms with Gasteiger partial charge in [0.25, 0.3) is 5.88 Å². The molecule has 3 aromatic rings. The van der Waals surface area contributed by atoms with Gasteiger partial charge in [0.15, 0.2) is 5.76 Å². The minimum absolute atomic E-state index is 0.00721. The van der Waals surface area contributed by atoms with Crippen LogP contribution in [-0.2, 0) is 13.2 Å². The molecule has 0 atom stereocenters. The number of phenols is 1. The monoisotopic (exact) mass is 382 g/mol. The average molecular weight is 382 g/mol. The van der Waals surface area contributed by atoms with E-state index in [1.807, 2.05) is 49.3 Å². The first kappa shape index (κ1) is 19.4. The number of rotatable bonds is 8. The van der Waals surface area contributed by atoms with Gasteiger partial charge in [0.1, 0.15) is 23.7 Å². The van der Waals surface area contributed by atoms with Crippen LogP contribution in [0.1, 0.15) is 27.2 Å². The number of methoxy groups -OCH3 is 1. The van der Waals surface area contributed by atoms with Gasteiger partial charge in [0.2, 0.25) is 5.78 Å². The van der Waals surface area contributed by atoms with Gasteiger partial charge in [-0.25, -0.2) is 0 Å². The summed E-state index contributed by atoms with van der Waals surface area (Å²) in [5.74, 6) is 0.441. The summed E-state index contributed by atoms with van der Waals surface area (Å²) in [6, 6.07) is 13.9. The number of benzene rings is 2. The molecular formula is C21H22N2O5.